The molecule has 3 N–H and O–H groups in total. The molecule has 2 fully saturated rings. The van der Waals surface area contributed by atoms with E-state index in [1.165, 1.54) is 48.5 Å². The van der Waals surface area contributed by atoms with Crippen molar-refractivity contribution in [3.63, 3.8) is 0 Å². The summed E-state index contributed by atoms with van der Waals surface area (Å²) in [7, 11) is 0. The summed E-state index contributed by atoms with van der Waals surface area (Å²) in [6.07, 6.45) is -14.2. The number of benzene rings is 5. The lowest BCUT2D eigenvalue weighted by Crippen LogP contribution is -2.64. The summed E-state index contributed by atoms with van der Waals surface area (Å²) >= 11 is 1.11. The van der Waals surface area contributed by atoms with E-state index < -0.39 is 97.6 Å². The van der Waals surface area contributed by atoms with Gasteiger partial charge in [0.2, 0.25) is 0 Å². The van der Waals surface area contributed by atoms with Gasteiger partial charge in [-0.15, -0.1) is 0 Å². The summed E-state index contributed by atoms with van der Waals surface area (Å²) in [5, 5.41) is 32.9. The molecule has 0 unspecified atom stereocenters. The number of carbonyl (C=O) groups excluding carboxylic acids is 4. The molecule has 2 saturated heterocycles. The van der Waals surface area contributed by atoms with Crippen molar-refractivity contribution in [2.45, 2.75) is 65.5 Å². The van der Waals surface area contributed by atoms with Crippen molar-refractivity contribution in [1.82, 2.24) is 0 Å². The van der Waals surface area contributed by atoms with Gasteiger partial charge in [-0.25, -0.2) is 19.2 Å². The van der Waals surface area contributed by atoms with Gasteiger partial charge in [0, 0.05) is 4.90 Å². The van der Waals surface area contributed by atoms with Crippen LogP contribution in [0.5, 0.6) is 0 Å². The van der Waals surface area contributed by atoms with Crippen LogP contribution in [0.3, 0.4) is 0 Å². The van der Waals surface area contributed by atoms with Crippen LogP contribution in [-0.2, 0) is 33.2 Å². The van der Waals surface area contributed by atoms with E-state index in [2.05, 4.69) is 0 Å². The molecule has 0 aromatic heterocycles. The number of aliphatic hydroxyl groups is 3. The number of hydrogen-bond donors (Lipinski definition) is 3. The Labute approximate surface area is 354 Å². The first-order valence-electron chi connectivity index (χ1n) is 19.3. The molecular weight excluding hydrogens is 809 g/mol. The van der Waals surface area contributed by atoms with Crippen LogP contribution >= 0.6 is 11.8 Å². The zero-order chi connectivity index (χ0) is 42.7. The first-order valence-corrected chi connectivity index (χ1v) is 20.2. The van der Waals surface area contributed by atoms with Crippen molar-refractivity contribution in [3.8, 4) is 0 Å². The molecular formula is C46H42O14S. The Kier molecular flexibility index (Phi) is 14.6. The molecule has 0 amide bonds. The lowest BCUT2D eigenvalue weighted by molar-refractivity contribution is -0.309. The van der Waals surface area contributed by atoms with Gasteiger partial charge in [0.05, 0.1) is 28.9 Å². The Balaban J connectivity index is 1.25. The molecule has 2 aliphatic heterocycles. The van der Waals surface area contributed by atoms with Gasteiger partial charge >= 0.3 is 23.9 Å². The topological polar surface area (TPSA) is 194 Å². The zero-order valence-corrected chi connectivity index (χ0v) is 33.2. The monoisotopic (exact) mass is 850 g/mol. The largest absolute Gasteiger partial charge is 0.459 e. The van der Waals surface area contributed by atoms with Gasteiger partial charge in [-0.05, 0) is 60.7 Å². The minimum absolute atomic E-state index is 0.105. The molecule has 0 aliphatic carbocycles. The molecule has 316 valence electrons. The standard InChI is InChI=1S/C46H42O14S/c47-35-33(57-46(37(49)36(35)48)61-32-24-14-5-15-25-32)26-55-45-40(60-44(53)31-22-12-4-13-23-31)39(59-43(52)30-20-10-3-11-21-30)38(58-42(51)29-18-8-2-9-19-29)34(56-45)27-54-41(50)28-16-6-1-7-17-28/h1-25,33-40,45-49H,26-27H2/t33-,34-,35-,36+,37+,38-,39+,40-,45-,46-/m1/s1. The third-order valence-electron chi connectivity index (χ3n) is 9.83. The fourth-order valence-electron chi connectivity index (χ4n) is 6.64. The van der Waals surface area contributed by atoms with E-state index in [4.69, 9.17) is 33.2 Å². The molecule has 0 bridgehead atoms. The molecule has 5 aromatic rings. The fraction of sp³-hybridized carbons (Fsp3) is 0.261. The quantitative estimate of drug-likeness (QED) is 0.101. The van der Waals surface area contributed by atoms with Crippen LogP contribution in [0.4, 0.5) is 0 Å². The summed E-state index contributed by atoms with van der Waals surface area (Å²) in [5.41, 5.74) is -0.514. The van der Waals surface area contributed by atoms with E-state index in [1.807, 2.05) is 6.07 Å². The van der Waals surface area contributed by atoms with Gasteiger partial charge in [0.25, 0.3) is 0 Å². The van der Waals surface area contributed by atoms with Crippen LogP contribution in [0.1, 0.15) is 41.4 Å². The highest BCUT2D eigenvalue weighted by Crippen LogP contribution is 2.35. The first kappa shape index (κ1) is 43.2. The second kappa shape index (κ2) is 20.6. The molecule has 5 aromatic carbocycles. The van der Waals surface area contributed by atoms with Gasteiger partial charge in [0.1, 0.15) is 42.6 Å². The first-order chi connectivity index (χ1) is 29.7. The highest BCUT2D eigenvalue weighted by Gasteiger charge is 2.54. The highest BCUT2D eigenvalue weighted by molar-refractivity contribution is 7.99. The van der Waals surface area contributed by atoms with Crippen molar-refractivity contribution in [1.29, 1.82) is 0 Å². The maximum atomic E-state index is 13.9. The maximum absolute atomic E-state index is 13.9. The van der Waals surface area contributed by atoms with Gasteiger partial charge in [-0.2, -0.15) is 0 Å². The molecule has 10 atom stereocenters. The Morgan fingerprint density at radius 3 is 1.38 bits per heavy atom. The summed E-state index contributed by atoms with van der Waals surface area (Å²) in [6.45, 7) is -1.12. The fourth-order valence-corrected chi connectivity index (χ4v) is 7.72. The maximum Gasteiger partial charge on any atom is 0.338 e. The number of esters is 4. The molecule has 15 heteroatoms. The Morgan fingerprint density at radius 1 is 0.459 bits per heavy atom. The lowest BCUT2D eigenvalue weighted by Gasteiger charge is -2.45. The molecule has 61 heavy (non-hydrogen) atoms. The number of ether oxygens (including phenoxy) is 7. The van der Waals surface area contributed by atoms with Crippen molar-refractivity contribution < 1.29 is 67.7 Å². The predicted octanol–water partition coefficient (Wildman–Crippen LogP) is 4.86. The van der Waals surface area contributed by atoms with Crippen LogP contribution in [0, 0.1) is 0 Å². The SMILES string of the molecule is O=C(OC[C@H]1O[C@@H](OC[C@H]2O[C@H](Sc3ccccc3)[C@@H](O)[C@@H](O)[C@@H]2O)[C@H](OC(=O)c2ccccc2)[C@@H](OC(=O)c2ccccc2)[C@@H]1OC(=O)c1ccccc1)c1ccccc1. The van der Waals surface area contributed by atoms with Crippen LogP contribution in [-0.4, -0.2) is 113 Å². The molecule has 7 rings (SSSR count). The smallest absolute Gasteiger partial charge is 0.338 e. The van der Waals surface area contributed by atoms with Crippen LogP contribution in [0.15, 0.2) is 157 Å². The summed E-state index contributed by atoms with van der Waals surface area (Å²) < 4.78 is 42.6. The van der Waals surface area contributed by atoms with E-state index >= 15 is 0 Å². The number of thioether (sulfide) groups is 1. The van der Waals surface area contributed by atoms with Crippen LogP contribution in [0.2, 0.25) is 0 Å². The highest BCUT2D eigenvalue weighted by atomic mass is 32.2. The molecule has 14 nitrogen and oxygen atoms in total. The molecule has 0 spiro atoms. The number of rotatable bonds is 14. The molecule has 2 aliphatic rings. The third kappa shape index (κ3) is 10.9. The van der Waals surface area contributed by atoms with Crippen molar-refractivity contribution >= 4 is 35.6 Å². The summed E-state index contributed by atoms with van der Waals surface area (Å²) in [6, 6.07) is 40.8. The van der Waals surface area contributed by atoms with E-state index in [9.17, 15) is 34.5 Å². The number of carbonyl (C=O) groups is 4. The van der Waals surface area contributed by atoms with Gasteiger partial charge < -0.3 is 48.5 Å². The average Bonchev–Trinajstić information content (AvgIpc) is 3.31. The molecule has 0 saturated carbocycles. The van der Waals surface area contributed by atoms with E-state index in [1.54, 1.807) is 97.1 Å². The number of aliphatic hydroxyl groups excluding tert-OH is 3. The minimum atomic E-state index is -1.69. The Morgan fingerprint density at radius 2 is 0.885 bits per heavy atom. The van der Waals surface area contributed by atoms with Crippen molar-refractivity contribution in [2.75, 3.05) is 13.2 Å². The minimum Gasteiger partial charge on any atom is -0.459 e. The van der Waals surface area contributed by atoms with Crippen molar-refractivity contribution in [2.24, 2.45) is 0 Å². The lowest BCUT2D eigenvalue weighted by atomic mass is 9.97. The third-order valence-corrected chi connectivity index (χ3v) is 11.0. The van der Waals surface area contributed by atoms with Gasteiger partial charge in [0.15, 0.2) is 24.6 Å². The van der Waals surface area contributed by atoms with Crippen LogP contribution < -0.4 is 0 Å². The Hall–Kier alpha value is -5.91. The van der Waals surface area contributed by atoms with Crippen LogP contribution in [0.25, 0.3) is 0 Å². The number of hydrogen-bond acceptors (Lipinski definition) is 15. The van der Waals surface area contributed by atoms with E-state index in [-0.39, 0.29) is 22.3 Å². The summed E-state index contributed by atoms with van der Waals surface area (Å²) in [5.74, 6) is -3.40. The molecule has 0 radical (unpaired) electrons. The van der Waals surface area contributed by atoms with Gasteiger partial charge in [-0.1, -0.05) is 103 Å². The summed E-state index contributed by atoms with van der Waals surface area (Å²) in [4.78, 5) is 55.5. The Bertz CT molecular complexity index is 2200. The zero-order valence-electron chi connectivity index (χ0n) is 32.4. The second-order valence-corrected chi connectivity index (χ2v) is 15.2. The van der Waals surface area contributed by atoms with E-state index in [0.717, 1.165) is 11.8 Å². The normalized spacial score (nSPS) is 26.0. The average molecular weight is 851 g/mol. The second-order valence-electron chi connectivity index (χ2n) is 14.0. The molecule has 2 heterocycles. The predicted molar refractivity (Wildman–Crippen MR) is 217 cm³/mol. The van der Waals surface area contributed by atoms with Gasteiger partial charge in [-0.3, -0.25) is 0 Å². The van der Waals surface area contributed by atoms with Crippen molar-refractivity contribution in [3.05, 3.63) is 174 Å². The van der Waals surface area contributed by atoms with E-state index in [0.29, 0.717) is 4.90 Å².